The van der Waals surface area contributed by atoms with E-state index in [1.54, 1.807) is 16.7 Å². The van der Waals surface area contributed by atoms with Crippen LogP contribution in [0.3, 0.4) is 0 Å². The Morgan fingerprint density at radius 1 is 1.03 bits per heavy atom. The van der Waals surface area contributed by atoms with Gasteiger partial charge in [0.2, 0.25) is 11.8 Å². The number of hydrogen-bond donors (Lipinski definition) is 1. The van der Waals surface area contributed by atoms with Crippen LogP contribution in [-0.2, 0) is 21.9 Å². The standard InChI is InChI=1S/C27H36N2O2S/c1-21-10-9-13-24(18-21)19-29(22(2)27(31)28-25-14-7-4-8-15-25)26(30)16-17-32-20-23-11-5-3-6-12-23/h3,5-6,9-13,18,22,25H,4,7-8,14-17,19-20H2,1-2H3,(H,28,31)/t22-/m0/s1. The molecule has 3 rings (SSSR count). The summed E-state index contributed by atoms with van der Waals surface area (Å²) in [7, 11) is 0. The Hall–Kier alpha value is -2.27. The van der Waals surface area contributed by atoms with Crippen molar-refractivity contribution < 1.29 is 9.59 Å². The molecule has 172 valence electrons. The maximum atomic E-state index is 13.2. The fraction of sp³-hybridized carbons (Fsp3) is 0.481. The highest BCUT2D eigenvalue weighted by molar-refractivity contribution is 7.98. The van der Waals surface area contributed by atoms with Crippen LogP contribution in [0.5, 0.6) is 0 Å². The molecule has 0 unspecified atom stereocenters. The number of carbonyl (C=O) groups excluding carboxylic acids is 2. The van der Waals surface area contributed by atoms with Crippen LogP contribution in [0.15, 0.2) is 54.6 Å². The first-order chi connectivity index (χ1) is 15.5. The molecule has 1 N–H and O–H groups in total. The molecule has 1 saturated carbocycles. The molecule has 2 aromatic rings. The van der Waals surface area contributed by atoms with Crippen molar-refractivity contribution in [2.45, 2.75) is 76.8 Å². The second kappa shape index (κ2) is 12.7. The highest BCUT2D eigenvalue weighted by Crippen LogP contribution is 2.19. The molecule has 0 radical (unpaired) electrons. The normalized spacial score (nSPS) is 15.2. The van der Waals surface area contributed by atoms with Gasteiger partial charge in [-0.3, -0.25) is 9.59 Å². The molecule has 0 spiro atoms. The number of nitrogens with zero attached hydrogens (tertiary/aromatic N) is 1. The van der Waals surface area contributed by atoms with Gasteiger partial charge in [-0.05, 0) is 37.8 Å². The molecule has 5 heteroatoms. The molecular formula is C27H36N2O2S. The van der Waals surface area contributed by atoms with Crippen LogP contribution in [0.4, 0.5) is 0 Å². The lowest BCUT2D eigenvalue weighted by Crippen LogP contribution is -2.50. The minimum absolute atomic E-state index is 0.0326. The van der Waals surface area contributed by atoms with E-state index in [0.29, 0.717) is 13.0 Å². The van der Waals surface area contributed by atoms with Crippen LogP contribution >= 0.6 is 11.8 Å². The highest BCUT2D eigenvalue weighted by Gasteiger charge is 2.27. The Bertz CT molecular complexity index is 865. The van der Waals surface area contributed by atoms with Crippen molar-refractivity contribution in [2.24, 2.45) is 0 Å². The quantitative estimate of drug-likeness (QED) is 0.485. The van der Waals surface area contributed by atoms with Crippen molar-refractivity contribution in [1.82, 2.24) is 10.2 Å². The summed E-state index contributed by atoms with van der Waals surface area (Å²) < 4.78 is 0. The van der Waals surface area contributed by atoms with Gasteiger partial charge in [-0.15, -0.1) is 0 Å². The molecule has 32 heavy (non-hydrogen) atoms. The van der Waals surface area contributed by atoms with Gasteiger partial charge in [0.25, 0.3) is 0 Å². The van der Waals surface area contributed by atoms with E-state index < -0.39 is 6.04 Å². The zero-order chi connectivity index (χ0) is 22.8. The summed E-state index contributed by atoms with van der Waals surface area (Å²) in [6.45, 7) is 4.38. The lowest BCUT2D eigenvalue weighted by atomic mass is 9.95. The van der Waals surface area contributed by atoms with Crippen molar-refractivity contribution in [3.05, 3.63) is 71.3 Å². The number of benzene rings is 2. The minimum atomic E-state index is -0.482. The molecule has 1 fully saturated rings. The van der Waals surface area contributed by atoms with E-state index in [4.69, 9.17) is 0 Å². The number of hydrogen-bond acceptors (Lipinski definition) is 3. The molecular weight excluding hydrogens is 416 g/mol. The average molecular weight is 453 g/mol. The van der Waals surface area contributed by atoms with Gasteiger partial charge in [0.15, 0.2) is 0 Å². The summed E-state index contributed by atoms with van der Waals surface area (Å²) in [5.41, 5.74) is 3.49. The fourth-order valence-corrected chi connectivity index (χ4v) is 5.12. The summed E-state index contributed by atoms with van der Waals surface area (Å²) in [4.78, 5) is 28.0. The van der Waals surface area contributed by atoms with Gasteiger partial charge in [0.05, 0.1) is 0 Å². The first-order valence-electron chi connectivity index (χ1n) is 11.8. The van der Waals surface area contributed by atoms with Crippen molar-refractivity contribution in [3.63, 3.8) is 0 Å². The van der Waals surface area contributed by atoms with Gasteiger partial charge >= 0.3 is 0 Å². The maximum absolute atomic E-state index is 13.2. The molecule has 0 bridgehead atoms. The zero-order valence-electron chi connectivity index (χ0n) is 19.4. The molecule has 0 aromatic heterocycles. The van der Waals surface area contributed by atoms with Gasteiger partial charge < -0.3 is 10.2 Å². The summed E-state index contributed by atoms with van der Waals surface area (Å²) in [5.74, 6) is 1.65. The molecule has 2 amide bonds. The first kappa shape index (κ1) is 24.4. The average Bonchev–Trinajstić information content (AvgIpc) is 2.81. The number of amides is 2. The van der Waals surface area contributed by atoms with Crippen LogP contribution in [0.1, 0.15) is 62.1 Å². The zero-order valence-corrected chi connectivity index (χ0v) is 20.2. The van der Waals surface area contributed by atoms with E-state index in [-0.39, 0.29) is 17.9 Å². The maximum Gasteiger partial charge on any atom is 0.242 e. The topological polar surface area (TPSA) is 49.4 Å². The van der Waals surface area contributed by atoms with Crippen LogP contribution in [0.2, 0.25) is 0 Å². The van der Waals surface area contributed by atoms with Crippen LogP contribution in [0, 0.1) is 6.92 Å². The van der Waals surface area contributed by atoms with Crippen molar-refractivity contribution >= 4 is 23.6 Å². The highest BCUT2D eigenvalue weighted by atomic mass is 32.2. The number of nitrogens with one attached hydrogen (secondary N) is 1. The van der Waals surface area contributed by atoms with Gasteiger partial charge in [-0.2, -0.15) is 11.8 Å². The third-order valence-electron chi connectivity index (χ3n) is 6.13. The van der Waals surface area contributed by atoms with Gasteiger partial charge in [-0.1, -0.05) is 79.4 Å². The number of rotatable bonds is 10. The summed E-state index contributed by atoms with van der Waals surface area (Å²) >= 11 is 1.76. The Balaban J connectivity index is 1.60. The predicted octanol–water partition coefficient (Wildman–Crippen LogP) is 5.48. The minimum Gasteiger partial charge on any atom is -0.352 e. The number of aryl methyl sites for hydroxylation is 1. The van der Waals surface area contributed by atoms with Crippen LogP contribution in [0.25, 0.3) is 0 Å². The van der Waals surface area contributed by atoms with E-state index in [9.17, 15) is 9.59 Å². The summed E-state index contributed by atoms with van der Waals surface area (Å²) in [6, 6.07) is 18.3. The van der Waals surface area contributed by atoms with Gasteiger partial charge in [0, 0.05) is 30.5 Å². The van der Waals surface area contributed by atoms with E-state index >= 15 is 0 Å². The molecule has 2 aromatic carbocycles. The Labute approximate surface area is 197 Å². The van der Waals surface area contributed by atoms with Crippen LogP contribution < -0.4 is 5.32 Å². The van der Waals surface area contributed by atoms with Gasteiger partial charge in [0.1, 0.15) is 6.04 Å². The molecule has 4 nitrogen and oxygen atoms in total. The Morgan fingerprint density at radius 3 is 2.47 bits per heavy atom. The monoisotopic (exact) mass is 452 g/mol. The Morgan fingerprint density at radius 2 is 1.75 bits per heavy atom. The third-order valence-corrected chi connectivity index (χ3v) is 7.16. The smallest absolute Gasteiger partial charge is 0.242 e. The Kier molecular flexibility index (Phi) is 9.66. The lowest BCUT2D eigenvalue weighted by Gasteiger charge is -2.31. The molecule has 1 aliphatic rings. The van der Waals surface area contributed by atoms with Crippen LogP contribution in [-0.4, -0.2) is 34.6 Å². The second-order valence-corrected chi connectivity index (χ2v) is 9.92. The van der Waals surface area contributed by atoms with Crippen molar-refractivity contribution in [1.29, 1.82) is 0 Å². The fourth-order valence-electron chi connectivity index (χ4n) is 4.23. The largest absolute Gasteiger partial charge is 0.352 e. The summed E-state index contributed by atoms with van der Waals surface area (Å²) in [5, 5.41) is 3.20. The second-order valence-electron chi connectivity index (χ2n) is 8.82. The van der Waals surface area contributed by atoms with E-state index in [1.165, 1.54) is 24.8 Å². The lowest BCUT2D eigenvalue weighted by molar-refractivity contribution is -0.140. The first-order valence-corrected chi connectivity index (χ1v) is 13.0. The van der Waals surface area contributed by atoms with Gasteiger partial charge in [-0.25, -0.2) is 0 Å². The number of carbonyl (C=O) groups is 2. The SMILES string of the molecule is Cc1cccc(CN(C(=O)CCSCc2ccccc2)[C@@H](C)C(=O)NC2CCCCC2)c1. The van der Waals surface area contributed by atoms with E-state index in [0.717, 1.165) is 35.5 Å². The molecule has 1 atom stereocenters. The molecule has 0 saturated heterocycles. The van der Waals surface area contributed by atoms with Crippen molar-refractivity contribution in [3.8, 4) is 0 Å². The predicted molar refractivity (Wildman–Crippen MR) is 133 cm³/mol. The third kappa shape index (κ3) is 7.70. The number of thioether (sulfide) groups is 1. The van der Waals surface area contributed by atoms with E-state index in [1.807, 2.05) is 37.3 Å². The van der Waals surface area contributed by atoms with Crippen molar-refractivity contribution in [2.75, 3.05) is 5.75 Å². The van der Waals surface area contributed by atoms with E-state index in [2.05, 4.69) is 36.5 Å². The molecule has 0 heterocycles. The molecule has 0 aliphatic heterocycles. The summed E-state index contributed by atoms with van der Waals surface area (Å²) in [6.07, 6.45) is 6.11. The molecule has 1 aliphatic carbocycles.